The van der Waals surface area contributed by atoms with Gasteiger partial charge in [-0.25, -0.2) is 0 Å². The predicted molar refractivity (Wildman–Crippen MR) is 82.8 cm³/mol. The molecule has 3 N–H and O–H groups in total. The van der Waals surface area contributed by atoms with Gasteiger partial charge >= 0.3 is 0 Å². The maximum Gasteiger partial charge on any atom is 0.227 e. The van der Waals surface area contributed by atoms with Crippen molar-refractivity contribution in [1.82, 2.24) is 5.32 Å². The topological polar surface area (TPSA) is 75.4 Å². The minimum atomic E-state index is 0.0195. The molecule has 21 heavy (non-hydrogen) atoms. The van der Waals surface area contributed by atoms with E-state index >= 15 is 0 Å². The lowest BCUT2D eigenvalue weighted by Gasteiger charge is -2.16. The molecule has 1 aliphatic rings. The molecule has 5 nitrogen and oxygen atoms in total. The van der Waals surface area contributed by atoms with Crippen molar-refractivity contribution >= 4 is 17.5 Å². The largest absolute Gasteiger partial charge is 0.352 e. The number of hydrogen-bond acceptors (Lipinski definition) is 3. The Morgan fingerprint density at radius 2 is 2.10 bits per heavy atom. The van der Waals surface area contributed by atoms with Gasteiger partial charge in [-0.15, -0.1) is 0 Å². The highest BCUT2D eigenvalue weighted by molar-refractivity contribution is 5.95. The molecule has 0 aromatic heterocycles. The van der Waals surface area contributed by atoms with Gasteiger partial charge in [0.15, 0.2) is 0 Å². The van der Waals surface area contributed by atoms with Gasteiger partial charge in [0.25, 0.3) is 0 Å². The van der Waals surface area contributed by atoms with Crippen LogP contribution in [0.5, 0.6) is 0 Å². The molecule has 1 heterocycles. The Morgan fingerprint density at radius 1 is 1.38 bits per heavy atom. The molecular formula is C16H23N3O2. The fraction of sp³-hybridized carbons (Fsp3) is 0.500. The predicted octanol–water partition coefficient (Wildman–Crippen LogP) is 1.56. The molecular weight excluding hydrogens is 266 g/mol. The van der Waals surface area contributed by atoms with Crippen molar-refractivity contribution in [1.29, 1.82) is 0 Å². The highest BCUT2D eigenvalue weighted by atomic mass is 16.2. The van der Waals surface area contributed by atoms with E-state index in [9.17, 15) is 9.59 Å². The lowest BCUT2D eigenvalue weighted by Crippen LogP contribution is -2.25. The standard InChI is InChI=1S/C16H23N3O2/c1-12(17)4-9-15(20)18-11-13-5-7-14(8-6-13)19-10-2-3-16(19)21/h5-8,12H,2-4,9-11,17H2,1H3,(H,18,20). The summed E-state index contributed by atoms with van der Waals surface area (Å²) in [6.07, 6.45) is 2.72. The minimum absolute atomic E-state index is 0.0195. The zero-order valence-corrected chi connectivity index (χ0v) is 12.5. The van der Waals surface area contributed by atoms with Crippen LogP contribution in [0.2, 0.25) is 0 Å². The summed E-state index contributed by atoms with van der Waals surface area (Å²) in [6.45, 7) is 3.20. The summed E-state index contributed by atoms with van der Waals surface area (Å²) in [6, 6.07) is 7.83. The zero-order chi connectivity index (χ0) is 15.2. The molecule has 2 amide bonds. The first-order valence-electron chi connectivity index (χ1n) is 7.48. The second-order valence-electron chi connectivity index (χ2n) is 5.61. The minimum Gasteiger partial charge on any atom is -0.352 e. The van der Waals surface area contributed by atoms with E-state index in [1.54, 1.807) is 0 Å². The van der Waals surface area contributed by atoms with E-state index in [4.69, 9.17) is 5.73 Å². The van der Waals surface area contributed by atoms with Crippen LogP contribution in [0.3, 0.4) is 0 Å². The second-order valence-corrected chi connectivity index (χ2v) is 5.61. The monoisotopic (exact) mass is 289 g/mol. The van der Waals surface area contributed by atoms with Gasteiger partial charge in [-0.3, -0.25) is 9.59 Å². The number of nitrogens with two attached hydrogens (primary N) is 1. The van der Waals surface area contributed by atoms with Crippen molar-refractivity contribution in [2.75, 3.05) is 11.4 Å². The maximum atomic E-state index is 11.7. The van der Waals surface area contributed by atoms with E-state index in [2.05, 4.69) is 5.32 Å². The molecule has 0 aliphatic carbocycles. The third kappa shape index (κ3) is 4.56. The Morgan fingerprint density at radius 3 is 2.67 bits per heavy atom. The number of carbonyl (C=O) groups excluding carboxylic acids is 2. The summed E-state index contributed by atoms with van der Waals surface area (Å²) in [5.41, 5.74) is 7.59. The third-order valence-electron chi connectivity index (χ3n) is 3.64. The maximum absolute atomic E-state index is 11.7. The number of anilines is 1. The van der Waals surface area contributed by atoms with Crippen molar-refractivity contribution in [2.24, 2.45) is 5.73 Å². The van der Waals surface area contributed by atoms with Crippen LogP contribution >= 0.6 is 0 Å². The van der Waals surface area contributed by atoms with E-state index in [-0.39, 0.29) is 17.9 Å². The number of carbonyl (C=O) groups is 2. The quantitative estimate of drug-likeness (QED) is 0.834. The highest BCUT2D eigenvalue weighted by Crippen LogP contribution is 2.21. The summed E-state index contributed by atoms with van der Waals surface area (Å²) >= 11 is 0. The molecule has 1 aromatic carbocycles. The van der Waals surface area contributed by atoms with E-state index < -0.39 is 0 Å². The van der Waals surface area contributed by atoms with Gasteiger partial charge in [0.05, 0.1) is 0 Å². The molecule has 0 radical (unpaired) electrons. The van der Waals surface area contributed by atoms with Crippen molar-refractivity contribution < 1.29 is 9.59 Å². The van der Waals surface area contributed by atoms with Gasteiger partial charge in [-0.1, -0.05) is 12.1 Å². The molecule has 1 unspecified atom stereocenters. The second kappa shape index (κ2) is 7.22. The number of rotatable bonds is 6. The molecule has 1 aliphatic heterocycles. The Balaban J connectivity index is 1.82. The molecule has 1 atom stereocenters. The average molecular weight is 289 g/mol. The van der Waals surface area contributed by atoms with E-state index in [0.29, 0.717) is 25.8 Å². The van der Waals surface area contributed by atoms with Gasteiger partial charge in [-0.2, -0.15) is 0 Å². The van der Waals surface area contributed by atoms with Crippen LogP contribution in [0.15, 0.2) is 24.3 Å². The molecule has 2 rings (SSSR count). The Bertz CT molecular complexity index is 497. The van der Waals surface area contributed by atoms with Crippen molar-refractivity contribution in [2.45, 2.75) is 45.2 Å². The van der Waals surface area contributed by atoms with Crippen LogP contribution in [-0.2, 0) is 16.1 Å². The van der Waals surface area contributed by atoms with Crippen LogP contribution in [0, 0.1) is 0 Å². The molecule has 0 spiro atoms. The van der Waals surface area contributed by atoms with Crippen LogP contribution in [-0.4, -0.2) is 24.4 Å². The van der Waals surface area contributed by atoms with Gasteiger partial charge in [0.2, 0.25) is 11.8 Å². The highest BCUT2D eigenvalue weighted by Gasteiger charge is 2.21. The number of amides is 2. The lowest BCUT2D eigenvalue weighted by atomic mass is 10.1. The molecule has 114 valence electrons. The Kier molecular flexibility index (Phi) is 5.33. The number of nitrogens with one attached hydrogen (secondary N) is 1. The molecule has 0 saturated carbocycles. The van der Waals surface area contributed by atoms with Gasteiger partial charge in [0, 0.05) is 37.7 Å². The van der Waals surface area contributed by atoms with Gasteiger partial charge in [0.1, 0.15) is 0 Å². The molecule has 5 heteroatoms. The van der Waals surface area contributed by atoms with Crippen molar-refractivity contribution in [3.8, 4) is 0 Å². The number of benzene rings is 1. The van der Waals surface area contributed by atoms with Crippen molar-refractivity contribution in [3.63, 3.8) is 0 Å². The van der Waals surface area contributed by atoms with Crippen LogP contribution in [0.25, 0.3) is 0 Å². The molecule has 1 aromatic rings. The van der Waals surface area contributed by atoms with E-state index in [1.165, 1.54) is 0 Å². The summed E-state index contributed by atoms with van der Waals surface area (Å²) in [7, 11) is 0. The zero-order valence-electron chi connectivity index (χ0n) is 12.5. The van der Waals surface area contributed by atoms with E-state index in [0.717, 1.165) is 24.2 Å². The van der Waals surface area contributed by atoms with Crippen molar-refractivity contribution in [3.05, 3.63) is 29.8 Å². The first-order valence-corrected chi connectivity index (χ1v) is 7.48. The molecule has 1 fully saturated rings. The summed E-state index contributed by atoms with van der Waals surface area (Å²) in [5.74, 6) is 0.207. The fourth-order valence-corrected chi connectivity index (χ4v) is 2.36. The molecule has 0 bridgehead atoms. The number of nitrogens with zero attached hydrogens (tertiary/aromatic N) is 1. The Labute approximate surface area is 125 Å². The first-order chi connectivity index (χ1) is 10.1. The summed E-state index contributed by atoms with van der Waals surface area (Å²) < 4.78 is 0. The number of hydrogen-bond donors (Lipinski definition) is 2. The van der Waals surface area contributed by atoms with Gasteiger partial charge < -0.3 is 16.0 Å². The SMILES string of the molecule is CC(N)CCC(=O)NCc1ccc(N2CCCC2=O)cc1. The van der Waals surface area contributed by atoms with Gasteiger partial charge in [-0.05, 0) is 37.5 Å². The lowest BCUT2D eigenvalue weighted by molar-refractivity contribution is -0.121. The summed E-state index contributed by atoms with van der Waals surface area (Å²) in [5, 5.41) is 2.88. The Hall–Kier alpha value is -1.88. The summed E-state index contributed by atoms with van der Waals surface area (Å²) in [4.78, 5) is 25.1. The fourth-order valence-electron chi connectivity index (χ4n) is 2.36. The average Bonchev–Trinajstić information content (AvgIpc) is 2.89. The van der Waals surface area contributed by atoms with Crippen LogP contribution < -0.4 is 16.0 Å². The molecule has 1 saturated heterocycles. The third-order valence-corrected chi connectivity index (χ3v) is 3.64. The van der Waals surface area contributed by atoms with E-state index in [1.807, 2.05) is 36.1 Å². The first kappa shape index (κ1) is 15.5. The normalized spacial score (nSPS) is 16.1. The van der Waals surface area contributed by atoms with Crippen LogP contribution in [0.4, 0.5) is 5.69 Å². The van der Waals surface area contributed by atoms with Crippen LogP contribution in [0.1, 0.15) is 38.2 Å². The smallest absolute Gasteiger partial charge is 0.227 e.